The standard InChI is InChI=1S/C10H18N3O/c1-13(2,3)8-9(11)14-10-6-4-5-7-12-10/h4-7,9H,8,11H2,1-3H3/q+1. The van der Waals surface area contributed by atoms with Crippen LogP contribution in [0.5, 0.6) is 5.88 Å². The van der Waals surface area contributed by atoms with Crippen molar-refractivity contribution < 1.29 is 9.22 Å². The number of hydrogen-bond donors (Lipinski definition) is 1. The molecule has 0 saturated heterocycles. The minimum Gasteiger partial charge on any atom is -0.453 e. The first-order valence-electron chi connectivity index (χ1n) is 4.61. The molecule has 0 amide bonds. The van der Waals surface area contributed by atoms with Gasteiger partial charge in [-0.15, -0.1) is 0 Å². The van der Waals surface area contributed by atoms with E-state index in [4.69, 9.17) is 10.5 Å². The summed E-state index contributed by atoms with van der Waals surface area (Å²) in [5.41, 5.74) is 5.81. The Bertz CT molecular complexity index is 268. The Morgan fingerprint density at radius 3 is 2.64 bits per heavy atom. The molecule has 0 bridgehead atoms. The van der Waals surface area contributed by atoms with E-state index in [9.17, 15) is 0 Å². The first kappa shape index (κ1) is 10.9. The Morgan fingerprint density at radius 1 is 1.43 bits per heavy atom. The van der Waals surface area contributed by atoms with Gasteiger partial charge in [-0.05, 0) is 6.07 Å². The Balaban J connectivity index is 2.46. The van der Waals surface area contributed by atoms with Crippen LogP contribution in [-0.4, -0.2) is 43.4 Å². The summed E-state index contributed by atoms with van der Waals surface area (Å²) in [5.74, 6) is 0.577. The molecule has 0 aliphatic heterocycles. The van der Waals surface area contributed by atoms with Gasteiger partial charge in [0.15, 0.2) is 6.23 Å². The number of ether oxygens (including phenoxy) is 1. The van der Waals surface area contributed by atoms with Crippen LogP contribution >= 0.6 is 0 Å². The van der Waals surface area contributed by atoms with Gasteiger partial charge in [0.1, 0.15) is 6.54 Å². The van der Waals surface area contributed by atoms with Crippen molar-refractivity contribution in [3.63, 3.8) is 0 Å². The first-order chi connectivity index (χ1) is 6.47. The second kappa shape index (κ2) is 4.39. The average Bonchev–Trinajstić information content (AvgIpc) is 2.02. The van der Waals surface area contributed by atoms with E-state index in [1.165, 1.54) is 0 Å². The highest BCUT2D eigenvalue weighted by molar-refractivity contribution is 5.09. The number of quaternary nitrogens is 1. The molecule has 14 heavy (non-hydrogen) atoms. The maximum Gasteiger partial charge on any atom is 0.215 e. The molecule has 1 rings (SSSR count). The van der Waals surface area contributed by atoms with E-state index in [1.807, 2.05) is 12.1 Å². The Labute approximate surface area is 84.9 Å². The molecule has 1 heterocycles. The summed E-state index contributed by atoms with van der Waals surface area (Å²) < 4.78 is 6.21. The summed E-state index contributed by atoms with van der Waals surface area (Å²) in [6, 6.07) is 5.52. The van der Waals surface area contributed by atoms with Crippen LogP contribution in [0.3, 0.4) is 0 Å². The molecule has 4 nitrogen and oxygen atoms in total. The zero-order chi connectivity index (χ0) is 10.6. The van der Waals surface area contributed by atoms with Gasteiger partial charge in [-0.3, -0.25) is 5.73 Å². The summed E-state index contributed by atoms with van der Waals surface area (Å²) >= 11 is 0. The summed E-state index contributed by atoms with van der Waals surface area (Å²) in [4.78, 5) is 4.04. The summed E-state index contributed by atoms with van der Waals surface area (Å²) in [6.07, 6.45) is 1.37. The van der Waals surface area contributed by atoms with Crippen LogP contribution in [0.2, 0.25) is 0 Å². The van der Waals surface area contributed by atoms with Crippen molar-refractivity contribution in [2.24, 2.45) is 5.73 Å². The fraction of sp³-hybridized carbons (Fsp3) is 0.500. The normalized spacial score (nSPS) is 13.7. The van der Waals surface area contributed by atoms with E-state index in [-0.39, 0.29) is 6.23 Å². The van der Waals surface area contributed by atoms with Crippen molar-refractivity contribution in [1.29, 1.82) is 0 Å². The van der Waals surface area contributed by atoms with E-state index < -0.39 is 0 Å². The van der Waals surface area contributed by atoms with Crippen molar-refractivity contribution in [2.45, 2.75) is 6.23 Å². The van der Waals surface area contributed by atoms with Crippen LogP contribution in [-0.2, 0) is 0 Å². The van der Waals surface area contributed by atoms with Crippen LogP contribution in [0, 0.1) is 0 Å². The molecule has 1 aromatic heterocycles. The van der Waals surface area contributed by atoms with Gasteiger partial charge in [0, 0.05) is 12.3 Å². The number of nitrogens with two attached hydrogens (primary N) is 1. The van der Waals surface area contributed by atoms with Gasteiger partial charge in [-0.1, -0.05) is 6.07 Å². The molecule has 0 aromatic carbocycles. The van der Waals surface area contributed by atoms with Crippen LogP contribution in [0.1, 0.15) is 0 Å². The maximum absolute atomic E-state index is 5.81. The number of hydrogen-bond acceptors (Lipinski definition) is 3. The van der Waals surface area contributed by atoms with E-state index in [2.05, 4.69) is 26.1 Å². The van der Waals surface area contributed by atoms with Gasteiger partial charge in [-0.25, -0.2) is 4.98 Å². The van der Waals surface area contributed by atoms with Gasteiger partial charge in [0.25, 0.3) is 0 Å². The highest BCUT2D eigenvalue weighted by Crippen LogP contribution is 2.05. The van der Waals surface area contributed by atoms with Crippen molar-refractivity contribution >= 4 is 0 Å². The molecular weight excluding hydrogens is 178 g/mol. The molecule has 1 unspecified atom stereocenters. The lowest BCUT2D eigenvalue weighted by Gasteiger charge is -2.27. The molecule has 0 fully saturated rings. The van der Waals surface area contributed by atoms with Crippen molar-refractivity contribution in [2.75, 3.05) is 27.7 Å². The topological polar surface area (TPSA) is 48.1 Å². The molecule has 0 aliphatic rings. The minimum atomic E-state index is -0.315. The van der Waals surface area contributed by atoms with Crippen molar-refractivity contribution in [1.82, 2.24) is 4.98 Å². The lowest BCUT2D eigenvalue weighted by molar-refractivity contribution is -0.873. The lowest BCUT2D eigenvalue weighted by atomic mass is 10.4. The van der Waals surface area contributed by atoms with Crippen molar-refractivity contribution in [3.05, 3.63) is 24.4 Å². The third-order valence-electron chi connectivity index (χ3n) is 1.64. The van der Waals surface area contributed by atoms with Crippen LogP contribution in [0.15, 0.2) is 24.4 Å². The fourth-order valence-corrected chi connectivity index (χ4v) is 1.15. The third-order valence-corrected chi connectivity index (χ3v) is 1.64. The van der Waals surface area contributed by atoms with Crippen molar-refractivity contribution in [3.8, 4) is 5.88 Å². The van der Waals surface area contributed by atoms with Crippen LogP contribution in [0.4, 0.5) is 0 Å². The summed E-state index contributed by atoms with van der Waals surface area (Å²) in [6.45, 7) is 0.747. The molecule has 0 aliphatic carbocycles. The lowest BCUT2D eigenvalue weighted by Crippen LogP contribution is -2.47. The van der Waals surface area contributed by atoms with Gasteiger partial charge in [0.2, 0.25) is 5.88 Å². The SMILES string of the molecule is C[N+](C)(C)CC(N)Oc1ccccn1. The molecule has 4 heteroatoms. The number of rotatable bonds is 4. The number of pyridine rings is 1. The predicted octanol–water partition coefficient (Wildman–Crippen LogP) is 0.451. The quantitative estimate of drug-likeness (QED) is 0.562. The molecule has 1 aromatic rings. The van der Waals surface area contributed by atoms with Gasteiger partial charge < -0.3 is 9.22 Å². The maximum atomic E-state index is 5.81. The molecule has 0 radical (unpaired) electrons. The molecular formula is C10H18N3O+. The van der Waals surface area contributed by atoms with E-state index in [0.29, 0.717) is 5.88 Å². The minimum absolute atomic E-state index is 0.315. The van der Waals surface area contributed by atoms with E-state index in [1.54, 1.807) is 12.3 Å². The molecule has 2 N–H and O–H groups in total. The Kier molecular flexibility index (Phi) is 3.43. The van der Waals surface area contributed by atoms with Crippen LogP contribution < -0.4 is 10.5 Å². The van der Waals surface area contributed by atoms with Crippen LogP contribution in [0.25, 0.3) is 0 Å². The highest BCUT2D eigenvalue weighted by atomic mass is 16.5. The highest BCUT2D eigenvalue weighted by Gasteiger charge is 2.15. The number of nitrogens with zero attached hydrogens (tertiary/aromatic N) is 2. The van der Waals surface area contributed by atoms with Gasteiger partial charge in [0.05, 0.1) is 21.1 Å². The zero-order valence-electron chi connectivity index (χ0n) is 8.97. The van der Waals surface area contributed by atoms with Gasteiger partial charge >= 0.3 is 0 Å². The predicted molar refractivity (Wildman–Crippen MR) is 55.7 cm³/mol. The smallest absolute Gasteiger partial charge is 0.215 e. The molecule has 0 saturated carbocycles. The largest absolute Gasteiger partial charge is 0.453 e. The first-order valence-corrected chi connectivity index (χ1v) is 4.61. The summed E-state index contributed by atoms with van der Waals surface area (Å²) in [7, 11) is 6.21. The van der Waals surface area contributed by atoms with E-state index >= 15 is 0 Å². The number of aromatic nitrogens is 1. The van der Waals surface area contributed by atoms with E-state index in [0.717, 1.165) is 11.0 Å². The third kappa shape index (κ3) is 4.20. The summed E-state index contributed by atoms with van der Waals surface area (Å²) in [5, 5.41) is 0. The van der Waals surface area contributed by atoms with Gasteiger partial charge in [-0.2, -0.15) is 0 Å². The Hall–Kier alpha value is -1.13. The number of likely N-dealkylation sites (N-methyl/N-ethyl adjacent to an activating group) is 1. The monoisotopic (exact) mass is 196 g/mol. The average molecular weight is 196 g/mol. The zero-order valence-corrected chi connectivity index (χ0v) is 8.97. The molecule has 78 valence electrons. The molecule has 1 atom stereocenters. The Morgan fingerprint density at radius 2 is 2.14 bits per heavy atom. The fourth-order valence-electron chi connectivity index (χ4n) is 1.15. The second-order valence-electron chi connectivity index (χ2n) is 4.30. The molecule has 0 spiro atoms. The second-order valence-corrected chi connectivity index (χ2v) is 4.30.